The van der Waals surface area contributed by atoms with E-state index in [4.69, 9.17) is 10.00 Å². The van der Waals surface area contributed by atoms with Crippen LogP contribution in [0, 0.1) is 11.3 Å². The lowest BCUT2D eigenvalue weighted by molar-refractivity contribution is -0.154. The number of benzene rings is 1. The van der Waals surface area contributed by atoms with Gasteiger partial charge in [0.2, 0.25) is 5.88 Å². The van der Waals surface area contributed by atoms with Crippen molar-refractivity contribution >= 4 is 5.91 Å². The minimum Gasteiger partial charge on any atom is -0.481 e. The molecule has 142 valence electrons. The van der Waals surface area contributed by atoms with E-state index in [1.807, 2.05) is 6.07 Å². The Hall–Kier alpha value is -3.28. The molecule has 0 aliphatic carbocycles. The van der Waals surface area contributed by atoms with Crippen molar-refractivity contribution in [3.05, 3.63) is 53.7 Å². The summed E-state index contributed by atoms with van der Waals surface area (Å²) in [4.78, 5) is 15.9. The fourth-order valence-electron chi connectivity index (χ4n) is 2.03. The smallest absolute Gasteiger partial charge is 0.422 e. The van der Waals surface area contributed by atoms with Crippen LogP contribution in [-0.4, -0.2) is 29.8 Å². The van der Waals surface area contributed by atoms with E-state index in [-0.39, 0.29) is 12.4 Å². The van der Waals surface area contributed by atoms with Gasteiger partial charge in [-0.3, -0.25) is 4.79 Å². The van der Waals surface area contributed by atoms with Crippen LogP contribution < -0.4 is 14.8 Å². The van der Waals surface area contributed by atoms with Crippen LogP contribution in [-0.2, 0) is 11.3 Å². The van der Waals surface area contributed by atoms with E-state index in [0.717, 1.165) is 0 Å². The zero-order valence-electron chi connectivity index (χ0n) is 14.3. The third-order valence-electron chi connectivity index (χ3n) is 3.34. The zero-order chi connectivity index (χ0) is 19.9. The summed E-state index contributed by atoms with van der Waals surface area (Å²) < 4.78 is 47.0. The van der Waals surface area contributed by atoms with Gasteiger partial charge in [-0.05, 0) is 37.3 Å². The largest absolute Gasteiger partial charge is 0.481 e. The predicted octanol–water partition coefficient (Wildman–Crippen LogP) is 2.98. The monoisotopic (exact) mass is 379 g/mol. The maximum atomic E-state index is 12.3. The fourth-order valence-corrected chi connectivity index (χ4v) is 2.03. The highest BCUT2D eigenvalue weighted by atomic mass is 19.4. The number of nitrogens with one attached hydrogen (secondary N) is 1. The highest BCUT2D eigenvalue weighted by Gasteiger charge is 2.29. The maximum Gasteiger partial charge on any atom is 0.422 e. The lowest BCUT2D eigenvalue weighted by Crippen LogP contribution is -2.36. The molecular formula is C18H16F3N3O3. The van der Waals surface area contributed by atoms with Gasteiger partial charge in [0, 0.05) is 18.3 Å². The Morgan fingerprint density at radius 3 is 2.63 bits per heavy atom. The third-order valence-corrected chi connectivity index (χ3v) is 3.34. The van der Waals surface area contributed by atoms with Crippen LogP contribution in [0.25, 0.3) is 0 Å². The molecule has 1 unspecified atom stereocenters. The number of nitrogens with zero attached hydrogens (tertiary/aromatic N) is 2. The number of ether oxygens (including phenoxy) is 2. The normalized spacial score (nSPS) is 12.0. The lowest BCUT2D eigenvalue weighted by Gasteiger charge is -2.16. The third kappa shape index (κ3) is 6.51. The van der Waals surface area contributed by atoms with Crippen molar-refractivity contribution in [2.45, 2.75) is 25.7 Å². The molecule has 6 nitrogen and oxygen atoms in total. The van der Waals surface area contributed by atoms with Gasteiger partial charge in [0.25, 0.3) is 5.91 Å². The molecule has 1 aromatic heterocycles. The minimum absolute atomic E-state index is 0.0685. The van der Waals surface area contributed by atoms with Crippen molar-refractivity contribution in [1.82, 2.24) is 10.3 Å². The highest BCUT2D eigenvalue weighted by molar-refractivity contribution is 5.80. The van der Waals surface area contributed by atoms with Gasteiger partial charge in [0.1, 0.15) is 5.75 Å². The molecule has 1 amide bonds. The Morgan fingerprint density at radius 2 is 2.00 bits per heavy atom. The second kappa shape index (κ2) is 8.89. The van der Waals surface area contributed by atoms with E-state index in [2.05, 4.69) is 15.0 Å². The molecule has 0 saturated carbocycles. The van der Waals surface area contributed by atoms with Crippen molar-refractivity contribution in [2.75, 3.05) is 6.61 Å². The van der Waals surface area contributed by atoms with Gasteiger partial charge >= 0.3 is 6.18 Å². The molecule has 1 aromatic carbocycles. The molecule has 2 rings (SSSR count). The van der Waals surface area contributed by atoms with Crippen LogP contribution in [0.5, 0.6) is 11.6 Å². The number of carbonyl (C=O) groups is 1. The molecule has 0 aliphatic rings. The summed E-state index contributed by atoms with van der Waals surface area (Å²) in [5, 5.41) is 11.3. The van der Waals surface area contributed by atoms with Gasteiger partial charge in [-0.1, -0.05) is 6.07 Å². The number of nitriles is 1. The molecule has 9 heteroatoms. The van der Waals surface area contributed by atoms with Crippen molar-refractivity contribution in [1.29, 1.82) is 5.26 Å². The number of carbonyl (C=O) groups excluding carboxylic acids is 1. The first-order valence-corrected chi connectivity index (χ1v) is 7.86. The molecule has 0 bridgehead atoms. The molecule has 0 spiro atoms. The predicted molar refractivity (Wildman–Crippen MR) is 88.9 cm³/mol. The zero-order valence-corrected chi connectivity index (χ0v) is 14.3. The van der Waals surface area contributed by atoms with Crippen LogP contribution in [0.4, 0.5) is 13.2 Å². The van der Waals surface area contributed by atoms with Crippen molar-refractivity contribution in [3.8, 4) is 17.7 Å². The number of hydrogen-bond donors (Lipinski definition) is 1. The standard InChI is InChI=1S/C18H16F3N3O3/c1-12(27-15-6-4-13(9-22)5-7-15)16(25)24-10-14-3-2-8-23-17(14)26-11-18(19,20)21/h2-8,12H,10-11H2,1H3,(H,24,25). The second-order valence-corrected chi connectivity index (χ2v) is 5.49. The van der Waals surface area contributed by atoms with Crippen molar-refractivity contribution < 1.29 is 27.4 Å². The molecule has 1 atom stereocenters. The number of rotatable bonds is 7. The van der Waals surface area contributed by atoms with E-state index in [1.165, 1.54) is 25.3 Å². The van der Waals surface area contributed by atoms with Crippen molar-refractivity contribution in [3.63, 3.8) is 0 Å². The molecule has 0 saturated heterocycles. The van der Waals surface area contributed by atoms with Gasteiger partial charge in [-0.25, -0.2) is 4.98 Å². The molecule has 0 fully saturated rings. The number of halogens is 3. The molecule has 0 aliphatic heterocycles. The summed E-state index contributed by atoms with van der Waals surface area (Å²) in [5.74, 6) is -0.256. The highest BCUT2D eigenvalue weighted by Crippen LogP contribution is 2.20. The summed E-state index contributed by atoms with van der Waals surface area (Å²) in [5.41, 5.74) is 0.767. The van der Waals surface area contributed by atoms with E-state index in [9.17, 15) is 18.0 Å². The Kier molecular flexibility index (Phi) is 6.60. The van der Waals surface area contributed by atoms with Gasteiger partial charge in [0.05, 0.1) is 11.6 Å². The molecule has 1 heterocycles. The first-order chi connectivity index (χ1) is 12.8. The van der Waals surface area contributed by atoms with Gasteiger partial charge in [-0.15, -0.1) is 0 Å². The maximum absolute atomic E-state index is 12.3. The van der Waals surface area contributed by atoms with Gasteiger partial charge < -0.3 is 14.8 Å². The summed E-state index contributed by atoms with van der Waals surface area (Å²) in [7, 11) is 0. The number of pyridine rings is 1. The van der Waals surface area contributed by atoms with E-state index < -0.39 is 24.8 Å². The quantitative estimate of drug-likeness (QED) is 0.800. The average molecular weight is 379 g/mol. The molecule has 2 aromatic rings. The van der Waals surface area contributed by atoms with E-state index in [1.54, 1.807) is 24.3 Å². The van der Waals surface area contributed by atoms with E-state index in [0.29, 0.717) is 16.9 Å². The Balaban J connectivity index is 1.91. The molecule has 27 heavy (non-hydrogen) atoms. The summed E-state index contributed by atoms with van der Waals surface area (Å²) >= 11 is 0. The van der Waals surface area contributed by atoms with Crippen LogP contribution in [0.2, 0.25) is 0 Å². The fraction of sp³-hybridized carbons (Fsp3) is 0.278. The van der Waals surface area contributed by atoms with Crippen LogP contribution in [0.15, 0.2) is 42.6 Å². The number of aromatic nitrogens is 1. The lowest BCUT2D eigenvalue weighted by atomic mass is 10.2. The summed E-state index contributed by atoms with van der Waals surface area (Å²) in [6.07, 6.45) is -4.04. The first kappa shape index (κ1) is 20.0. The van der Waals surface area contributed by atoms with Crippen LogP contribution >= 0.6 is 0 Å². The van der Waals surface area contributed by atoms with Gasteiger partial charge in [-0.2, -0.15) is 18.4 Å². The number of amides is 1. The first-order valence-electron chi connectivity index (χ1n) is 7.86. The number of alkyl halides is 3. The Morgan fingerprint density at radius 1 is 1.30 bits per heavy atom. The number of hydrogen-bond acceptors (Lipinski definition) is 5. The van der Waals surface area contributed by atoms with Gasteiger partial charge in [0.15, 0.2) is 12.7 Å². The van der Waals surface area contributed by atoms with Crippen LogP contribution in [0.3, 0.4) is 0 Å². The van der Waals surface area contributed by atoms with Crippen molar-refractivity contribution in [2.24, 2.45) is 0 Å². The summed E-state index contributed by atoms with van der Waals surface area (Å²) in [6, 6.07) is 11.2. The second-order valence-electron chi connectivity index (χ2n) is 5.49. The SMILES string of the molecule is CC(Oc1ccc(C#N)cc1)C(=O)NCc1cccnc1OCC(F)(F)F. The molecule has 1 N–H and O–H groups in total. The topological polar surface area (TPSA) is 84.2 Å². The Bertz CT molecular complexity index is 817. The molecule has 0 radical (unpaired) electrons. The molecular weight excluding hydrogens is 363 g/mol. The summed E-state index contributed by atoms with van der Waals surface area (Å²) in [6.45, 7) is -0.0120. The minimum atomic E-state index is -4.48. The van der Waals surface area contributed by atoms with Crippen LogP contribution in [0.1, 0.15) is 18.1 Å². The average Bonchev–Trinajstić information content (AvgIpc) is 2.65. The van der Waals surface area contributed by atoms with E-state index >= 15 is 0 Å². The Labute approximate surface area is 153 Å².